The van der Waals surface area contributed by atoms with Crippen LogP contribution in [-0.2, 0) is 27.3 Å². The molecule has 1 aromatic rings. The Bertz CT molecular complexity index is 867. The summed E-state index contributed by atoms with van der Waals surface area (Å²) >= 11 is 6.48. The van der Waals surface area contributed by atoms with E-state index in [1.54, 1.807) is 0 Å². The molecule has 2 heterocycles. The van der Waals surface area contributed by atoms with Gasteiger partial charge in [0.05, 0.1) is 12.7 Å². The number of nitrogens with zero attached hydrogens (tertiary/aromatic N) is 2. The summed E-state index contributed by atoms with van der Waals surface area (Å²) in [7, 11) is 0. The predicted octanol–water partition coefficient (Wildman–Crippen LogP) is 4.80. The summed E-state index contributed by atoms with van der Waals surface area (Å²) in [6.07, 6.45) is 6.75. The molecular formula is C27H39ClN2O3. The van der Waals surface area contributed by atoms with Crippen LogP contribution in [0.15, 0.2) is 12.1 Å². The van der Waals surface area contributed by atoms with Crippen LogP contribution >= 0.6 is 11.6 Å². The number of amides is 1. The van der Waals surface area contributed by atoms with E-state index in [1.165, 1.54) is 24.0 Å². The van der Waals surface area contributed by atoms with Crippen molar-refractivity contribution in [2.45, 2.75) is 84.4 Å². The Morgan fingerprint density at radius 3 is 2.52 bits per heavy atom. The third-order valence-electron chi connectivity index (χ3n) is 7.87. The average molecular weight is 475 g/mol. The SMILES string of the molecule is Cc1c(CC(=O)CC2COC(C)C2)cc(Cl)cc1CN1CCN(C(=O)C2CCCC2)[C@@H](C)C1. The Kier molecular flexibility index (Phi) is 8.14. The number of hydrogen-bond acceptors (Lipinski definition) is 4. The molecule has 3 fully saturated rings. The first kappa shape index (κ1) is 24.7. The number of benzene rings is 1. The van der Waals surface area contributed by atoms with Crippen molar-refractivity contribution < 1.29 is 14.3 Å². The van der Waals surface area contributed by atoms with Crippen molar-refractivity contribution >= 4 is 23.3 Å². The zero-order chi connectivity index (χ0) is 23.5. The summed E-state index contributed by atoms with van der Waals surface area (Å²) in [6, 6.07) is 4.22. The standard InChI is InChI=1S/C27H39ClN2O3/c1-18-15-29(8-9-30(18)27(32)22-6-4-5-7-22)16-24-13-25(28)12-23(20(24)3)14-26(31)11-21-10-19(2)33-17-21/h12-13,18-19,21-22H,4-11,14-17H2,1-3H3/t18-,19?,21?/m0/s1. The number of carbonyl (C=O) groups excluding carboxylic acids is 2. The number of halogens is 1. The second-order valence-corrected chi connectivity index (χ2v) is 11.0. The first-order valence-electron chi connectivity index (χ1n) is 12.7. The molecule has 5 nitrogen and oxygen atoms in total. The lowest BCUT2D eigenvalue weighted by Crippen LogP contribution is -2.54. The molecule has 2 aliphatic heterocycles. The summed E-state index contributed by atoms with van der Waals surface area (Å²) in [4.78, 5) is 30.2. The van der Waals surface area contributed by atoms with Crippen molar-refractivity contribution in [2.24, 2.45) is 11.8 Å². The van der Waals surface area contributed by atoms with Crippen molar-refractivity contribution in [2.75, 3.05) is 26.2 Å². The number of ketones is 1. The number of piperazine rings is 1. The maximum absolute atomic E-state index is 12.9. The molecule has 3 atom stereocenters. The summed E-state index contributed by atoms with van der Waals surface area (Å²) < 4.78 is 5.62. The number of hydrogen-bond donors (Lipinski definition) is 0. The van der Waals surface area contributed by atoms with Gasteiger partial charge in [0.1, 0.15) is 5.78 Å². The first-order chi connectivity index (χ1) is 15.8. The van der Waals surface area contributed by atoms with E-state index in [9.17, 15) is 9.59 Å². The molecule has 33 heavy (non-hydrogen) atoms. The minimum Gasteiger partial charge on any atom is -0.378 e. The molecule has 0 N–H and O–H groups in total. The summed E-state index contributed by atoms with van der Waals surface area (Å²) in [5.74, 6) is 1.22. The van der Waals surface area contributed by atoms with Gasteiger partial charge in [0, 0.05) is 56.0 Å². The molecule has 1 amide bonds. The minimum atomic E-state index is 0.225. The maximum atomic E-state index is 12.9. The van der Waals surface area contributed by atoms with Crippen LogP contribution in [0, 0.1) is 18.8 Å². The molecule has 1 aromatic carbocycles. The van der Waals surface area contributed by atoms with Crippen molar-refractivity contribution in [3.63, 3.8) is 0 Å². The molecule has 1 aliphatic carbocycles. The van der Waals surface area contributed by atoms with Gasteiger partial charge in [-0.25, -0.2) is 0 Å². The van der Waals surface area contributed by atoms with Crippen molar-refractivity contribution in [3.05, 3.63) is 33.8 Å². The van der Waals surface area contributed by atoms with Gasteiger partial charge in [-0.05, 0) is 74.8 Å². The van der Waals surface area contributed by atoms with Crippen LogP contribution in [0.3, 0.4) is 0 Å². The van der Waals surface area contributed by atoms with Gasteiger partial charge in [-0.15, -0.1) is 0 Å². The number of rotatable bonds is 7. The third kappa shape index (κ3) is 6.17. The maximum Gasteiger partial charge on any atom is 0.226 e. The fourth-order valence-corrected chi connectivity index (χ4v) is 6.22. The Morgan fingerprint density at radius 1 is 1.12 bits per heavy atom. The monoisotopic (exact) mass is 474 g/mol. The molecule has 0 aromatic heterocycles. The molecule has 0 radical (unpaired) electrons. The number of ether oxygens (including phenoxy) is 1. The van der Waals surface area contributed by atoms with E-state index in [2.05, 4.69) is 30.6 Å². The van der Waals surface area contributed by atoms with Crippen molar-refractivity contribution in [1.29, 1.82) is 0 Å². The fourth-order valence-electron chi connectivity index (χ4n) is 5.95. The Morgan fingerprint density at radius 2 is 1.85 bits per heavy atom. The zero-order valence-electron chi connectivity index (χ0n) is 20.4. The molecule has 1 saturated carbocycles. The average Bonchev–Trinajstić information content (AvgIpc) is 3.43. The zero-order valence-corrected chi connectivity index (χ0v) is 21.2. The molecule has 2 saturated heterocycles. The van der Waals surface area contributed by atoms with E-state index < -0.39 is 0 Å². The van der Waals surface area contributed by atoms with Crippen LogP contribution in [-0.4, -0.2) is 59.9 Å². The quantitative estimate of drug-likeness (QED) is 0.569. The van der Waals surface area contributed by atoms with Gasteiger partial charge in [0.15, 0.2) is 0 Å². The second kappa shape index (κ2) is 10.9. The van der Waals surface area contributed by atoms with Gasteiger partial charge in [-0.2, -0.15) is 0 Å². The Labute approximate surface area is 203 Å². The lowest BCUT2D eigenvalue weighted by Gasteiger charge is -2.41. The molecule has 3 aliphatic rings. The van der Waals surface area contributed by atoms with Gasteiger partial charge < -0.3 is 9.64 Å². The molecule has 0 spiro atoms. The van der Waals surface area contributed by atoms with Crippen LogP contribution in [0.2, 0.25) is 5.02 Å². The van der Waals surface area contributed by atoms with Crippen LogP contribution < -0.4 is 0 Å². The highest BCUT2D eigenvalue weighted by Crippen LogP contribution is 2.29. The molecular weight excluding hydrogens is 436 g/mol. The summed E-state index contributed by atoms with van der Waals surface area (Å²) in [5, 5.41) is 0.694. The molecule has 4 rings (SSSR count). The smallest absolute Gasteiger partial charge is 0.226 e. The van der Waals surface area contributed by atoms with Crippen molar-refractivity contribution in [1.82, 2.24) is 9.80 Å². The van der Waals surface area contributed by atoms with Crippen LogP contribution in [0.1, 0.15) is 69.1 Å². The van der Waals surface area contributed by atoms with Gasteiger partial charge in [0.2, 0.25) is 5.91 Å². The minimum absolute atomic E-state index is 0.225. The highest BCUT2D eigenvalue weighted by atomic mass is 35.5. The predicted molar refractivity (Wildman–Crippen MR) is 131 cm³/mol. The molecule has 2 unspecified atom stereocenters. The van der Waals surface area contributed by atoms with Crippen LogP contribution in [0.4, 0.5) is 0 Å². The normalized spacial score (nSPS) is 26.8. The van der Waals surface area contributed by atoms with Crippen LogP contribution in [0.5, 0.6) is 0 Å². The van der Waals surface area contributed by atoms with Gasteiger partial charge in [-0.1, -0.05) is 24.4 Å². The van der Waals surface area contributed by atoms with E-state index in [0.29, 0.717) is 36.3 Å². The second-order valence-electron chi connectivity index (χ2n) is 10.6. The molecule has 182 valence electrons. The summed E-state index contributed by atoms with van der Waals surface area (Å²) in [5.41, 5.74) is 3.39. The lowest BCUT2D eigenvalue weighted by molar-refractivity contribution is -0.140. The number of Topliss-reactive ketones (excluding diaryl/α,β-unsaturated/α-hetero) is 1. The Balaban J connectivity index is 1.36. The molecule has 6 heteroatoms. The van der Waals surface area contributed by atoms with Gasteiger partial charge in [0.25, 0.3) is 0 Å². The number of carbonyl (C=O) groups is 2. The van der Waals surface area contributed by atoms with E-state index in [0.717, 1.165) is 51.0 Å². The first-order valence-corrected chi connectivity index (χ1v) is 13.1. The fraction of sp³-hybridized carbons (Fsp3) is 0.704. The van der Waals surface area contributed by atoms with Gasteiger partial charge >= 0.3 is 0 Å². The highest BCUT2D eigenvalue weighted by molar-refractivity contribution is 6.30. The highest BCUT2D eigenvalue weighted by Gasteiger charge is 2.33. The van der Waals surface area contributed by atoms with E-state index >= 15 is 0 Å². The van der Waals surface area contributed by atoms with E-state index in [4.69, 9.17) is 16.3 Å². The third-order valence-corrected chi connectivity index (χ3v) is 8.08. The van der Waals surface area contributed by atoms with Gasteiger partial charge in [-0.3, -0.25) is 14.5 Å². The topological polar surface area (TPSA) is 49.9 Å². The molecule has 0 bridgehead atoms. The van der Waals surface area contributed by atoms with E-state index in [1.807, 2.05) is 12.1 Å². The van der Waals surface area contributed by atoms with Crippen LogP contribution in [0.25, 0.3) is 0 Å². The summed E-state index contributed by atoms with van der Waals surface area (Å²) in [6.45, 7) is 10.4. The van der Waals surface area contributed by atoms with E-state index in [-0.39, 0.29) is 23.8 Å². The van der Waals surface area contributed by atoms with Crippen molar-refractivity contribution in [3.8, 4) is 0 Å². The Hall–Kier alpha value is -1.43. The lowest BCUT2D eigenvalue weighted by atomic mass is 9.93. The largest absolute Gasteiger partial charge is 0.378 e.